The lowest BCUT2D eigenvalue weighted by molar-refractivity contribution is -0.116. The van der Waals surface area contributed by atoms with Crippen molar-refractivity contribution in [3.63, 3.8) is 0 Å². The first-order valence-electron chi connectivity index (χ1n) is 8.45. The van der Waals surface area contributed by atoms with E-state index in [9.17, 15) is 13.6 Å². The molecule has 0 saturated carbocycles. The highest BCUT2D eigenvalue weighted by Crippen LogP contribution is 2.33. The van der Waals surface area contributed by atoms with Crippen LogP contribution in [-0.4, -0.2) is 23.2 Å². The Morgan fingerprint density at radius 2 is 2.07 bits per heavy atom. The third-order valence-corrected chi connectivity index (χ3v) is 6.20. The zero-order valence-electron chi connectivity index (χ0n) is 14.5. The summed E-state index contributed by atoms with van der Waals surface area (Å²) in [6.45, 7) is 2.61. The van der Waals surface area contributed by atoms with Gasteiger partial charge in [0.15, 0.2) is 11.6 Å². The number of fused-ring (bicyclic) bond motifs is 1. The van der Waals surface area contributed by atoms with Crippen LogP contribution in [0.4, 0.5) is 14.5 Å². The molecule has 2 aromatic carbocycles. The number of aryl methyl sites for hydroxylation is 1. The summed E-state index contributed by atoms with van der Waals surface area (Å²) in [4.78, 5) is 19.4. The molecule has 0 unspecified atom stereocenters. The fourth-order valence-electron chi connectivity index (χ4n) is 3.11. The molecule has 1 aliphatic heterocycles. The summed E-state index contributed by atoms with van der Waals surface area (Å²) in [6.07, 6.45) is 0.799. The minimum Gasteiger partial charge on any atom is -0.311 e. The number of aromatic nitrogens is 1. The lowest BCUT2D eigenvalue weighted by Gasteiger charge is -2.17. The van der Waals surface area contributed by atoms with Gasteiger partial charge in [-0.05, 0) is 49.2 Å². The molecule has 1 aromatic heterocycles. The topological polar surface area (TPSA) is 33.2 Å². The average molecular weight is 402 g/mol. The number of benzene rings is 2. The zero-order chi connectivity index (χ0) is 19.0. The largest absolute Gasteiger partial charge is 0.311 e. The molecule has 0 atom stereocenters. The molecule has 27 heavy (non-hydrogen) atoms. The number of thioether (sulfide) groups is 1. The summed E-state index contributed by atoms with van der Waals surface area (Å²) < 4.78 is 26.3. The molecule has 3 nitrogen and oxygen atoms in total. The number of hydrogen-bond donors (Lipinski definition) is 0. The van der Waals surface area contributed by atoms with Crippen molar-refractivity contribution in [2.75, 3.05) is 17.2 Å². The quantitative estimate of drug-likeness (QED) is 0.571. The van der Waals surface area contributed by atoms with Crippen LogP contribution in [0.15, 0.2) is 46.7 Å². The fourth-order valence-corrected chi connectivity index (χ4v) is 4.52. The standard InChI is InChI=1S/C20H16F2N2OS2/c1-12-23-18(10-26-12)13-2-5-19-14(8-13)6-7-24(19)20(25)11-27-15-3-4-16(21)17(22)9-15/h2-5,8-10H,6-7,11H2,1H3. The third-order valence-electron chi connectivity index (χ3n) is 4.44. The highest BCUT2D eigenvalue weighted by atomic mass is 32.2. The Balaban J connectivity index is 1.47. The normalized spacial score (nSPS) is 13.1. The van der Waals surface area contributed by atoms with Crippen LogP contribution in [0.5, 0.6) is 0 Å². The van der Waals surface area contributed by atoms with Gasteiger partial charge in [0.05, 0.1) is 16.5 Å². The van der Waals surface area contributed by atoms with Gasteiger partial charge in [-0.1, -0.05) is 6.07 Å². The van der Waals surface area contributed by atoms with Crippen LogP contribution in [-0.2, 0) is 11.2 Å². The Morgan fingerprint density at radius 3 is 2.81 bits per heavy atom. The number of anilines is 1. The first-order valence-corrected chi connectivity index (χ1v) is 10.3. The zero-order valence-corrected chi connectivity index (χ0v) is 16.2. The summed E-state index contributed by atoms with van der Waals surface area (Å²) in [7, 11) is 0. The maximum atomic E-state index is 13.3. The molecule has 0 spiro atoms. The molecule has 2 heterocycles. The lowest BCUT2D eigenvalue weighted by Crippen LogP contribution is -2.30. The molecule has 0 N–H and O–H groups in total. The molecule has 4 rings (SSSR count). The van der Waals surface area contributed by atoms with E-state index in [4.69, 9.17) is 0 Å². The second-order valence-electron chi connectivity index (χ2n) is 6.26. The van der Waals surface area contributed by atoms with Crippen LogP contribution >= 0.6 is 23.1 Å². The number of thiazole rings is 1. The summed E-state index contributed by atoms with van der Waals surface area (Å²) in [5.74, 6) is -1.65. The van der Waals surface area contributed by atoms with Crippen LogP contribution < -0.4 is 4.90 Å². The van der Waals surface area contributed by atoms with Crippen LogP contribution in [0.2, 0.25) is 0 Å². The van der Waals surface area contributed by atoms with Gasteiger partial charge in [0.1, 0.15) is 0 Å². The molecule has 3 aromatic rings. The summed E-state index contributed by atoms with van der Waals surface area (Å²) >= 11 is 2.82. The fraction of sp³-hybridized carbons (Fsp3) is 0.200. The highest BCUT2D eigenvalue weighted by molar-refractivity contribution is 8.00. The van der Waals surface area contributed by atoms with Gasteiger partial charge in [-0.2, -0.15) is 0 Å². The third kappa shape index (κ3) is 3.75. The van der Waals surface area contributed by atoms with E-state index in [2.05, 4.69) is 11.1 Å². The minimum absolute atomic E-state index is 0.0410. The predicted octanol–water partition coefficient (Wildman–Crippen LogP) is 5.08. The Hall–Kier alpha value is -2.25. The van der Waals surface area contributed by atoms with Gasteiger partial charge in [-0.3, -0.25) is 4.79 Å². The van der Waals surface area contributed by atoms with E-state index in [-0.39, 0.29) is 11.7 Å². The summed E-state index contributed by atoms with van der Waals surface area (Å²) in [5, 5.41) is 3.06. The molecule has 0 fully saturated rings. The van der Waals surface area contributed by atoms with Crippen LogP contribution in [0.3, 0.4) is 0 Å². The van der Waals surface area contributed by atoms with E-state index in [0.29, 0.717) is 11.4 Å². The van der Waals surface area contributed by atoms with Crippen molar-refractivity contribution in [3.05, 3.63) is 64.0 Å². The molecule has 1 amide bonds. The van der Waals surface area contributed by atoms with Crippen molar-refractivity contribution >= 4 is 34.7 Å². The number of carbonyl (C=O) groups excluding carboxylic acids is 1. The van der Waals surface area contributed by atoms with Crippen LogP contribution in [0.1, 0.15) is 10.6 Å². The smallest absolute Gasteiger partial charge is 0.237 e. The number of amides is 1. The van der Waals surface area contributed by atoms with Crippen LogP contribution in [0.25, 0.3) is 11.3 Å². The Labute approximate surface area is 164 Å². The molecule has 7 heteroatoms. The van der Waals surface area contributed by atoms with E-state index in [0.717, 1.165) is 46.1 Å². The van der Waals surface area contributed by atoms with Crippen molar-refractivity contribution in [2.45, 2.75) is 18.2 Å². The number of halogens is 2. The van der Waals surface area contributed by atoms with E-state index >= 15 is 0 Å². The van der Waals surface area contributed by atoms with Gasteiger partial charge in [-0.25, -0.2) is 13.8 Å². The maximum absolute atomic E-state index is 13.3. The van der Waals surface area contributed by atoms with Crippen LogP contribution in [0, 0.1) is 18.6 Å². The number of hydrogen-bond acceptors (Lipinski definition) is 4. The SMILES string of the molecule is Cc1nc(-c2ccc3c(c2)CCN3C(=O)CSc2ccc(F)c(F)c2)cs1. The molecule has 1 aliphatic rings. The first-order chi connectivity index (χ1) is 13.0. The van der Waals surface area contributed by atoms with Crippen molar-refractivity contribution in [1.82, 2.24) is 4.98 Å². The van der Waals surface area contributed by atoms with Crippen molar-refractivity contribution in [3.8, 4) is 11.3 Å². The molecule has 0 radical (unpaired) electrons. The van der Waals surface area contributed by atoms with E-state index in [1.807, 2.05) is 24.4 Å². The van der Waals surface area contributed by atoms with Gasteiger partial charge in [0.25, 0.3) is 0 Å². The first kappa shape index (κ1) is 18.1. The number of rotatable bonds is 4. The van der Waals surface area contributed by atoms with Gasteiger partial charge in [-0.15, -0.1) is 23.1 Å². The molecular formula is C20H16F2N2OS2. The Bertz CT molecular complexity index is 1020. The summed E-state index contributed by atoms with van der Waals surface area (Å²) in [5.41, 5.74) is 4.06. The van der Waals surface area contributed by atoms with Gasteiger partial charge < -0.3 is 4.90 Å². The van der Waals surface area contributed by atoms with Crippen molar-refractivity contribution in [1.29, 1.82) is 0 Å². The molecule has 0 aliphatic carbocycles. The number of carbonyl (C=O) groups is 1. The second-order valence-corrected chi connectivity index (χ2v) is 8.37. The number of nitrogens with zero attached hydrogens (tertiary/aromatic N) is 2. The van der Waals surface area contributed by atoms with Gasteiger partial charge >= 0.3 is 0 Å². The van der Waals surface area contributed by atoms with Crippen molar-refractivity contribution < 1.29 is 13.6 Å². The van der Waals surface area contributed by atoms with Gasteiger partial charge in [0, 0.05) is 28.1 Å². The monoisotopic (exact) mass is 402 g/mol. The van der Waals surface area contributed by atoms with Gasteiger partial charge in [0.2, 0.25) is 5.91 Å². The lowest BCUT2D eigenvalue weighted by atomic mass is 10.1. The van der Waals surface area contributed by atoms with Crippen molar-refractivity contribution in [2.24, 2.45) is 0 Å². The molecule has 0 bridgehead atoms. The Kier molecular flexibility index (Phi) is 4.97. The highest BCUT2D eigenvalue weighted by Gasteiger charge is 2.25. The molecule has 138 valence electrons. The Morgan fingerprint density at radius 1 is 1.22 bits per heavy atom. The summed E-state index contributed by atoms with van der Waals surface area (Å²) in [6, 6.07) is 9.73. The van der Waals surface area contributed by atoms with E-state index in [1.165, 1.54) is 17.8 Å². The van der Waals surface area contributed by atoms with E-state index < -0.39 is 11.6 Å². The second kappa shape index (κ2) is 7.40. The molecular weight excluding hydrogens is 386 g/mol. The predicted molar refractivity (Wildman–Crippen MR) is 105 cm³/mol. The average Bonchev–Trinajstić information content (AvgIpc) is 3.28. The molecule has 0 saturated heterocycles. The minimum atomic E-state index is -0.899. The van der Waals surface area contributed by atoms with E-state index in [1.54, 1.807) is 16.2 Å². The maximum Gasteiger partial charge on any atom is 0.237 e.